The van der Waals surface area contributed by atoms with Gasteiger partial charge in [-0.3, -0.25) is 14.5 Å². The van der Waals surface area contributed by atoms with Gasteiger partial charge < -0.3 is 7.16 Å². The Bertz CT molecular complexity index is 1670. The van der Waals surface area contributed by atoms with E-state index in [1.807, 2.05) is 48.5 Å². The van der Waals surface area contributed by atoms with E-state index in [0.29, 0.717) is 0 Å². The molecule has 2 N–H and O–H groups in total. The van der Waals surface area contributed by atoms with Gasteiger partial charge in [0.25, 0.3) is 10.5 Å². The Morgan fingerprint density at radius 1 is 0.541 bits per heavy atom. The van der Waals surface area contributed by atoms with Crippen molar-refractivity contribution in [2.75, 3.05) is 4.90 Å². The van der Waals surface area contributed by atoms with Crippen molar-refractivity contribution in [3.63, 3.8) is 0 Å². The normalized spacial score (nSPS) is 10.5. The second kappa shape index (κ2) is 11.6. The fourth-order valence-electron chi connectivity index (χ4n) is 4.77. The Morgan fingerprint density at radius 3 is 1.32 bits per heavy atom. The summed E-state index contributed by atoms with van der Waals surface area (Å²) in [6.45, 7) is 0. The number of primary amides is 1. The van der Waals surface area contributed by atoms with E-state index < -0.39 is 5.24 Å². The molecule has 7 heteroatoms. The summed E-state index contributed by atoms with van der Waals surface area (Å²) < 4.78 is 0. The molecule has 0 spiro atoms. The number of hydrogen-bond donors (Lipinski definition) is 3. The third-order valence-electron chi connectivity index (χ3n) is 6.20. The number of amides is 2. The molecule has 4 nitrogen and oxygen atoms in total. The van der Waals surface area contributed by atoms with Gasteiger partial charge in [-0.1, -0.05) is 122 Å². The molecule has 6 aromatic rings. The molecule has 6 rings (SSSR count). The number of carbonyl (C=O) groups is 2. The van der Waals surface area contributed by atoms with E-state index in [1.54, 1.807) is 4.90 Å². The zero-order valence-corrected chi connectivity index (χ0v) is 23.9. The largest absolute Gasteiger partial charge is 1.00 e. The molecule has 0 saturated carbocycles. The molecule has 0 aliphatic heterocycles. The smallest absolute Gasteiger partial charge is 1.00 e. The van der Waals surface area contributed by atoms with Crippen LogP contribution in [0.15, 0.2) is 109 Å². The molecule has 6 aromatic carbocycles. The summed E-state index contributed by atoms with van der Waals surface area (Å²) in [5.74, 6) is 0. The second-order valence-electron chi connectivity index (χ2n) is 8.27. The van der Waals surface area contributed by atoms with E-state index in [2.05, 4.69) is 91.7 Å². The standard InChI is InChI=1S/C29H19NOS.CH3NOS.Na.H/c31-29(32)30(27-13-5-11-23-21-9-3-1-7-19(21)15-17-25(23)27)28-14-6-12-24-22-10-4-2-8-20(22)16-18-26(24)28;2-1(3)4;;/h1-18H,(H,31,32);(H3,2,3,4);;/q;;+1;-1. The van der Waals surface area contributed by atoms with Crippen molar-refractivity contribution in [2.45, 2.75) is 0 Å². The van der Waals surface area contributed by atoms with Gasteiger partial charge in [-0.15, -0.1) is 0 Å². The predicted molar refractivity (Wildman–Crippen MR) is 159 cm³/mol. The summed E-state index contributed by atoms with van der Waals surface area (Å²) in [6.07, 6.45) is 0. The predicted octanol–water partition coefficient (Wildman–Crippen LogP) is 5.60. The van der Waals surface area contributed by atoms with E-state index in [-0.39, 0.29) is 36.2 Å². The minimum absolute atomic E-state index is 0. The number of anilines is 2. The van der Waals surface area contributed by atoms with Crippen molar-refractivity contribution in [3.05, 3.63) is 109 Å². The monoisotopic (exact) mass is 530 g/mol. The van der Waals surface area contributed by atoms with Crippen molar-refractivity contribution in [2.24, 2.45) is 5.73 Å². The molecule has 0 fully saturated rings. The maximum atomic E-state index is 12.9. The van der Waals surface area contributed by atoms with Gasteiger partial charge in [0.1, 0.15) is 0 Å². The van der Waals surface area contributed by atoms with Gasteiger partial charge in [0, 0.05) is 10.8 Å². The Balaban J connectivity index is 0.000000625. The molecular formula is C30H23N2NaO2S2. The van der Waals surface area contributed by atoms with Crippen LogP contribution in [0.2, 0.25) is 0 Å². The molecular weight excluding hydrogens is 507 g/mol. The average Bonchev–Trinajstić information content (AvgIpc) is 2.88. The number of nitrogens with zero attached hydrogens (tertiary/aromatic N) is 1. The quantitative estimate of drug-likeness (QED) is 0.155. The maximum absolute atomic E-state index is 12.9. The summed E-state index contributed by atoms with van der Waals surface area (Å²) in [4.78, 5) is 23.8. The van der Waals surface area contributed by atoms with Crippen LogP contribution in [0.3, 0.4) is 0 Å². The number of carbonyl (C=O) groups excluding carboxylic acids is 2. The molecule has 0 aliphatic carbocycles. The van der Waals surface area contributed by atoms with E-state index in [1.165, 1.54) is 21.5 Å². The van der Waals surface area contributed by atoms with E-state index in [4.69, 9.17) is 4.79 Å². The van der Waals surface area contributed by atoms with Crippen LogP contribution in [0.4, 0.5) is 21.0 Å². The van der Waals surface area contributed by atoms with E-state index in [9.17, 15) is 4.79 Å². The molecule has 0 unspecified atom stereocenters. The van der Waals surface area contributed by atoms with E-state index in [0.717, 1.165) is 32.9 Å². The molecule has 0 aliphatic rings. The summed E-state index contributed by atoms with van der Waals surface area (Å²) in [7, 11) is 0. The first kappa shape index (κ1) is 27.0. The number of fused-ring (bicyclic) bond motifs is 6. The van der Waals surface area contributed by atoms with Crippen LogP contribution < -0.4 is 40.2 Å². The third-order valence-corrected chi connectivity index (χ3v) is 6.40. The minimum Gasteiger partial charge on any atom is -1.00 e. The van der Waals surface area contributed by atoms with Gasteiger partial charge in [0.2, 0.25) is 0 Å². The first-order chi connectivity index (χ1) is 17.5. The van der Waals surface area contributed by atoms with Crippen molar-refractivity contribution in [3.8, 4) is 0 Å². The Hall–Kier alpha value is -3.00. The van der Waals surface area contributed by atoms with Crippen LogP contribution in [-0.2, 0) is 0 Å². The van der Waals surface area contributed by atoms with Crippen LogP contribution in [0, 0.1) is 0 Å². The van der Waals surface area contributed by atoms with Crippen LogP contribution in [0.1, 0.15) is 1.43 Å². The molecule has 0 bridgehead atoms. The third kappa shape index (κ3) is 5.35. The number of nitrogens with two attached hydrogens (primary N) is 1. The van der Waals surface area contributed by atoms with E-state index >= 15 is 0 Å². The summed E-state index contributed by atoms with van der Waals surface area (Å²) in [6, 6.07) is 37.3. The SMILES string of the molecule is NC(=O)S.O=C(S)N(c1cccc2c1ccc1ccccc12)c1cccc2c1ccc1ccccc12.[H-].[Na+]. The Morgan fingerprint density at radius 2 is 0.919 bits per heavy atom. The topological polar surface area (TPSA) is 63.4 Å². The van der Waals surface area contributed by atoms with Crippen LogP contribution in [0.25, 0.3) is 43.1 Å². The van der Waals surface area contributed by atoms with Crippen molar-refractivity contribution >= 4 is 90.2 Å². The zero-order chi connectivity index (χ0) is 25.2. The van der Waals surface area contributed by atoms with Crippen LogP contribution >= 0.6 is 25.3 Å². The van der Waals surface area contributed by atoms with Crippen molar-refractivity contribution in [1.29, 1.82) is 0 Å². The first-order valence-corrected chi connectivity index (χ1v) is 12.2. The molecule has 0 saturated heterocycles. The number of rotatable bonds is 2. The van der Waals surface area contributed by atoms with Crippen LogP contribution in [0.5, 0.6) is 0 Å². The molecule has 0 aromatic heterocycles. The second-order valence-corrected chi connectivity index (χ2v) is 9.10. The zero-order valence-electron chi connectivity index (χ0n) is 21.1. The Labute approximate surface area is 249 Å². The number of hydrogen-bond acceptors (Lipinski definition) is 2. The first-order valence-electron chi connectivity index (χ1n) is 11.3. The molecule has 0 atom stereocenters. The Kier molecular flexibility index (Phi) is 8.47. The fourth-order valence-corrected chi connectivity index (χ4v) is 4.99. The van der Waals surface area contributed by atoms with Gasteiger partial charge in [0.15, 0.2) is 0 Å². The minimum atomic E-state index is -0.639. The molecule has 37 heavy (non-hydrogen) atoms. The molecule has 2 amide bonds. The summed E-state index contributed by atoms with van der Waals surface area (Å²) in [5, 5.41) is 8.01. The van der Waals surface area contributed by atoms with Gasteiger partial charge in [-0.05, 0) is 44.5 Å². The maximum Gasteiger partial charge on any atom is 1.00 e. The molecule has 178 valence electrons. The summed E-state index contributed by atoms with van der Waals surface area (Å²) >= 11 is 7.41. The van der Waals surface area contributed by atoms with Gasteiger partial charge in [-0.25, -0.2) is 0 Å². The number of benzene rings is 6. The fraction of sp³-hybridized carbons (Fsp3) is 0. The average molecular weight is 531 g/mol. The van der Waals surface area contributed by atoms with Crippen LogP contribution in [-0.4, -0.2) is 10.5 Å². The molecule has 0 heterocycles. The van der Waals surface area contributed by atoms with Crippen molar-refractivity contribution < 1.29 is 40.6 Å². The molecule has 0 radical (unpaired) electrons. The van der Waals surface area contributed by atoms with Gasteiger partial charge >= 0.3 is 29.6 Å². The summed E-state index contributed by atoms with van der Waals surface area (Å²) in [5.41, 5.74) is 5.99. The number of thiol groups is 2. The van der Waals surface area contributed by atoms with Gasteiger partial charge in [-0.2, -0.15) is 0 Å². The van der Waals surface area contributed by atoms with Gasteiger partial charge in [0.05, 0.1) is 11.4 Å². The van der Waals surface area contributed by atoms with Crippen molar-refractivity contribution in [1.82, 2.24) is 0 Å².